The number of nitrogens with zero attached hydrogens (tertiary/aromatic N) is 4. The van der Waals surface area contributed by atoms with Gasteiger partial charge in [0.15, 0.2) is 0 Å². The molecule has 0 bridgehead atoms. The van der Waals surface area contributed by atoms with Crippen molar-refractivity contribution in [3.63, 3.8) is 0 Å². The number of aryl methyl sites for hydroxylation is 1. The van der Waals surface area contributed by atoms with E-state index in [4.69, 9.17) is 4.74 Å². The fourth-order valence-electron chi connectivity index (χ4n) is 3.87. The molecular weight excluding hydrogens is 304 g/mol. The van der Waals surface area contributed by atoms with E-state index in [0.717, 1.165) is 44.0 Å². The minimum atomic E-state index is -0.439. The number of rotatable bonds is 2. The maximum absolute atomic E-state index is 12.3. The topological polar surface area (TPSA) is 58.6 Å². The maximum atomic E-state index is 12.3. The van der Waals surface area contributed by atoms with Crippen LogP contribution in [0.1, 0.15) is 45.5 Å². The monoisotopic (exact) mass is 332 g/mol. The third-order valence-corrected chi connectivity index (χ3v) is 4.91. The van der Waals surface area contributed by atoms with Crippen LogP contribution >= 0.6 is 0 Å². The highest BCUT2D eigenvalue weighted by molar-refractivity contribution is 5.68. The van der Waals surface area contributed by atoms with Gasteiger partial charge in [-0.05, 0) is 34.1 Å². The first-order chi connectivity index (χ1) is 11.2. The van der Waals surface area contributed by atoms with Gasteiger partial charge in [0.2, 0.25) is 0 Å². The Labute approximate surface area is 144 Å². The van der Waals surface area contributed by atoms with Gasteiger partial charge in [-0.1, -0.05) is 6.92 Å². The van der Waals surface area contributed by atoms with Crippen molar-refractivity contribution in [3.8, 4) is 0 Å². The molecule has 3 rings (SSSR count). The van der Waals surface area contributed by atoms with Gasteiger partial charge in [0.05, 0.1) is 0 Å². The predicted octanol–water partition coefficient (Wildman–Crippen LogP) is 2.62. The summed E-state index contributed by atoms with van der Waals surface area (Å²) in [5.41, 5.74) is 0.865. The van der Waals surface area contributed by atoms with Gasteiger partial charge >= 0.3 is 6.09 Å². The smallest absolute Gasteiger partial charge is 0.410 e. The van der Waals surface area contributed by atoms with Crippen LogP contribution in [0.3, 0.4) is 0 Å². The van der Waals surface area contributed by atoms with E-state index in [0.29, 0.717) is 6.04 Å². The SMILES string of the molecule is Cc1ncc(CN2CC3(C)CN(C(=O)OC(C)(C)C)CCC23)cn1. The Balaban J connectivity index is 1.58. The van der Waals surface area contributed by atoms with Crippen molar-refractivity contribution < 1.29 is 9.53 Å². The fraction of sp³-hybridized carbons (Fsp3) is 0.722. The van der Waals surface area contributed by atoms with Crippen molar-refractivity contribution in [2.24, 2.45) is 5.41 Å². The molecule has 1 aromatic rings. The molecule has 24 heavy (non-hydrogen) atoms. The molecule has 0 N–H and O–H groups in total. The van der Waals surface area contributed by atoms with Crippen LogP contribution in [0, 0.1) is 12.3 Å². The first kappa shape index (κ1) is 17.1. The molecule has 0 radical (unpaired) electrons. The summed E-state index contributed by atoms with van der Waals surface area (Å²) < 4.78 is 5.52. The quantitative estimate of drug-likeness (QED) is 0.833. The van der Waals surface area contributed by atoms with E-state index >= 15 is 0 Å². The third kappa shape index (κ3) is 3.53. The summed E-state index contributed by atoms with van der Waals surface area (Å²) in [6.07, 6.45) is 4.62. The zero-order valence-electron chi connectivity index (χ0n) is 15.4. The number of fused-ring (bicyclic) bond motifs is 1. The van der Waals surface area contributed by atoms with Crippen LogP contribution in [0.5, 0.6) is 0 Å². The molecule has 3 heterocycles. The molecule has 2 saturated heterocycles. The number of ether oxygens (including phenoxy) is 1. The number of carbonyl (C=O) groups excluding carboxylic acids is 1. The minimum Gasteiger partial charge on any atom is -0.444 e. The second-order valence-electron chi connectivity index (χ2n) is 8.40. The molecule has 2 unspecified atom stereocenters. The molecular formula is C18H28N4O2. The molecule has 0 saturated carbocycles. The average molecular weight is 332 g/mol. The second-order valence-corrected chi connectivity index (χ2v) is 8.40. The molecule has 2 atom stereocenters. The Morgan fingerprint density at radius 1 is 1.33 bits per heavy atom. The summed E-state index contributed by atoms with van der Waals surface area (Å²) in [4.78, 5) is 25.2. The van der Waals surface area contributed by atoms with Crippen LogP contribution in [0.25, 0.3) is 0 Å². The number of carbonyl (C=O) groups is 1. The van der Waals surface area contributed by atoms with Crippen molar-refractivity contribution in [2.45, 2.75) is 59.2 Å². The molecule has 132 valence electrons. The van der Waals surface area contributed by atoms with Crippen LogP contribution in [0.15, 0.2) is 12.4 Å². The van der Waals surface area contributed by atoms with E-state index in [1.807, 2.05) is 45.0 Å². The lowest BCUT2D eigenvalue weighted by atomic mass is 9.69. The maximum Gasteiger partial charge on any atom is 0.410 e. The van der Waals surface area contributed by atoms with Crippen molar-refractivity contribution in [1.82, 2.24) is 19.8 Å². The molecule has 2 aliphatic rings. The molecule has 0 aliphatic carbocycles. The van der Waals surface area contributed by atoms with E-state index < -0.39 is 5.60 Å². The largest absolute Gasteiger partial charge is 0.444 e. The molecule has 0 aromatic carbocycles. The predicted molar refractivity (Wildman–Crippen MR) is 91.5 cm³/mol. The lowest BCUT2D eigenvalue weighted by Gasteiger charge is -2.60. The highest BCUT2D eigenvalue weighted by Gasteiger charge is 2.52. The zero-order valence-corrected chi connectivity index (χ0v) is 15.4. The van der Waals surface area contributed by atoms with Crippen molar-refractivity contribution in [3.05, 3.63) is 23.8 Å². The number of aromatic nitrogens is 2. The fourth-order valence-corrected chi connectivity index (χ4v) is 3.87. The van der Waals surface area contributed by atoms with Crippen LogP contribution in [0.4, 0.5) is 4.79 Å². The third-order valence-electron chi connectivity index (χ3n) is 4.91. The number of hydrogen-bond acceptors (Lipinski definition) is 5. The normalized spacial score (nSPS) is 27.4. The van der Waals surface area contributed by atoms with Crippen molar-refractivity contribution in [2.75, 3.05) is 19.6 Å². The number of likely N-dealkylation sites (tertiary alicyclic amines) is 2. The van der Waals surface area contributed by atoms with E-state index in [-0.39, 0.29) is 11.5 Å². The van der Waals surface area contributed by atoms with Crippen LogP contribution < -0.4 is 0 Å². The summed E-state index contributed by atoms with van der Waals surface area (Å²) in [5, 5.41) is 0. The number of amides is 1. The molecule has 1 amide bonds. The van der Waals surface area contributed by atoms with Gasteiger partial charge in [-0.15, -0.1) is 0 Å². The molecule has 1 aromatic heterocycles. The Morgan fingerprint density at radius 3 is 2.58 bits per heavy atom. The summed E-state index contributed by atoms with van der Waals surface area (Å²) in [5.74, 6) is 0.804. The van der Waals surface area contributed by atoms with Crippen molar-refractivity contribution >= 4 is 6.09 Å². The van der Waals surface area contributed by atoms with Gasteiger partial charge in [-0.2, -0.15) is 0 Å². The highest BCUT2D eigenvalue weighted by atomic mass is 16.6. The summed E-state index contributed by atoms with van der Waals surface area (Å²) in [7, 11) is 0. The van der Waals surface area contributed by atoms with Crippen molar-refractivity contribution in [1.29, 1.82) is 0 Å². The van der Waals surface area contributed by atoms with E-state index in [1.54, 1.807) is 0 Å². The molecule has 2 aliphatic heterocycles. The Kier molecular flexibility index (Phi) is 4.28. The lowest BCUT2D eigenvalue weighted by Crippen LogP contribution is -2.70. The van der Waals surface area contributed by atoms with E-state index in [9.17, 15) is 4.79 Å². The van der Waals surface area contributed by atoms with Gasteiger partial charge in [0.25, 0.3) is 0 Å². The van der Waals surface area contributed by atoms with E-state index in [2.05, 4.69) is 21.8 Å². The van der Waals surface area contributed by atoms with Crippen LogP contribution in [-0.2, 0) is 11.3 Å². The first-order valence-electron chi connectivity index (χ1n) is 8.66. The standard InChI is InChI=1S/C18H28N4O2/c1-13-19-8-14(9-20-13)10-22-12-18(5)11-21(7-6-15(18)22)16(23)24-17(2,3)4/h8-9,15H,6-7,10-12H2,1-5H3. The van der Waals surface area contributed by atoms with Gasteiger partial charge in [-0.3, -0.25) is 4.90 Å². The molecule has 0 spiro atoms. The Hall–Kier alpha value is -1.69. The van der Waals surface area contributed by atoms with E-state index in [1.165, 1.54) is 0 Å². The summed E-state index contributed by atoms with van der Waals surface area (Å²) in [6, 6.07) is 0.512. The highest BCUT2D eigenvalue weighted by Crippen LogP contribution is 2.44. The molecule has 6 nitrogen and oxygen atoms in total. The number of piperidine rings is 1. The minimum absolute atomic E-state index is 0.153. The van der Waals surface area contributed by atoms with Crippen LogP contribution in [0.2, 0.25) is 0 Å². The second kappa shape index (κ2) is 5.99. The van der Waals surface area contributed by atoms with Gasteiger partial charge in [0.1, 0.15) is 11.4 Å². The Bertz CT molecular complexity index is 610. The van der Waals surface area contributed by atoms with Crippen LogP contribution in [-0.4, -0.2) is 57.1 Å². The van der Waals surface area contributed by atoms with Gasteiger partial charge in [0, 0.05) is 55.6 Å². The van der Waals surface area contributed by atoms with Gasteiger partial charge in [-0.25, -0.2) is 14.8 Å². The average Bonchev–Trinajstić information content (AvgIpc) is 2.45. The summed E-state index contributed by atoms with van der Waals surface area (Å²) in [6.45, 7) is 13.3. The van der Waals surface area contributed by atoms with Gasteiger partial charge < -0.3 is 9.64 Å². The summed E-state index contributed by atoms with van der Waals surface area (Å²) >= 11 is 0. The lowest BCUT2D eigenvalue weighted by molar-refractivity contribution is -0.116. The molecule has 2 fully saturated rings. The number of hydrogen-bond donors (Lipinski definition) is 0. The Morgan fingerprint density at radius 2 is 2.00 bits per heavy atom. The molecule has 6 heteroatoms. The first-order valence-corrected chi connectivity index (χ1v) is 8.66. The zero-order chi connectivity index (χ0) is 17.5.